The molecule has 0 N–H and O–H groups in total. The maximum absolute atomic E-state index is 12.3. The summed E-state index contributed by atoms with van der Waals surface area (Å²) in [5.41, 5.74) is 4.41. The highest BCUT2D eigenvalue weighted by Crippen LogP contribution is 2.26. The molecule has 6 heteroatoms. The molecule has 6 nitrogen and oxygen atoms in total. The van der Waals surface area contributed by atoms with Crippen LogP contribution >= 0.6 is 0 Å². The Morgan fingerprint density at radius 1 is 0.833 bits per heavy atom. The monoisotopic (exact) mass is 479 g/mol. The van der Waals surface area contributed by atoms with Gasteiger partial charge >= 0.3 is 5.97 Å². The van der Waals surface area contributed by atoms with Gasteiger partial charge in [0.1, 0.15) is 23.2 Å². The molecule has 2 aromatic rings. The normalized spacial score (nSPS) is 12.9. The summed E-state index contributed by atoms with van der Waals surface area (Å²) < 4.78 is 10.9. The van der Waals surface area contributed by atoms with Crippen molar-refractivity contribution < 1.29 is 14.3 Å². The van der Waals surface area contributed by atoms with E-state index in [9.17, 15) is 10.1 Å². The van der Waals surface area contributed by atoms with Crippen LogP contribution in [0.4, 0.5) is 11.4 Å². The minimum absolute atomic E-state index is 0.138. The molecule has 0 aliphatic carbocycles. The van der Waals surface area contributed by atoms with Crippen molar-refractivity contribution in [2.75, 3.05) is 38.0 Å². The van der Waals surface area contributed by atoms with E-state index in [2.05, 4.69) is 6.58 Å². The topological polar surface area (TPSA) is 65.8 Å². The number of carbonyl (C=O) groups is 1. The van der Waals surface area contributed by atoms with Crippen LogP contribution in [0.2, 0.25) is 0 Å². The van der Waals surface area contributed by atoms with E-state index in [0.29, 0.717) is 17.1 Å². The molecule has 182 valence electrons. The van der Waals surface area contributed by atoms with Crippen molar-refractivity contribution >= 4 is 29.5 Å². The van der Waals surface area contributed by atoms with E-state index in [4.69, 9.17) is 9.47 Å². The Kier molecular flexibility index (Phi) is 8.68. The van der Waals surface area contributed by atoms with Gasteiger partial charge in [-0.05, 0) is 59.7 Å². The molecule has 1 aliphatic heterocycles. The highest BCUT2D eigenvalue weighted by atomic mass is 16.5. The van der Waals surface area contributed by atoms with Crippen molar-refractivity contribution in [2.24, 2.45) is 0 Å². The largest absolute Gasteiger partial charge is 0.457 e. The van der Waals surface area contributed by atoms with Gasteiger partial charge in [-0.25, -0.2) is 4.79 Å². The third-order valence-corrected chi connectivity index (χ3v) is 5.33. The lowest BCUT2D eigenvalue weighted by molar-refractivity contribution is -0.133. The van der Waals surface area contributed by atoms with Gasteiger partial charge in [-0.1, -0.05) is 43.0 Å². The second kappa shape index (κ2) is 12.1. The fourth-order valence-corrected chi connectivity index (χ4v) is 3.34. The first kappa shape index (κ1) is 25.9. The summed E-state index contributed by atoms with van der Waals surface area (Å²) in [5.74, 6) is 0.180. The molecule has 0 saturated heterocycles. The second-order valence-corrected chi connectivity index (χ2v) is 8.35. The smallest absolute Gasteiger partial charge is 0.354 e. The Labute approximate surface area is 212 Å². The highest BCUT2D eigenvalue weighted by Gasteiger charge is 2.18. The van der Waals surface area contributed by atoms with E-state index in [-0.39, 0.29) is 5.57 Å². The molecule has 36 heavy (non-hydrogen) atoms. The predicted molar refractivity (Wildman–Crippen MR) is 146 cm³/mol. The fourth-order valence-electron chi connectivity index (χ4n) is 3.34. The van der Waals surface area contributed by atoms with Crippen LogP contribution in [0.25, 0.3) is 12.2 Å². The Bertz CT molecular complexity index is 1220. The molecule has 1 aliphatic rings. The zero-order chi connectivity index (χ0) is 26.1. The molecule has 0 fully saturated rings. The summed E-state index contributed by atoms with van der Waals surface area (Å²) in [4.78, 5) is 16.4. The van der Waals surface area contributed by atoms with E-state index in [1.54, 1.807) is 24.3 Å². The average Bonchev–Trinajstić information content (AvgIpc) is 2.87. The Hall–Kier alpha value is -4.76. The predicted octanol–water partition coefficient (Wildman–Crippen LogP) is 5.85. The van der Waals surface area contributed by atoms with E-state index in [0.717, 1.165) is 28.8 Å². The molecule has 0 spiro atoms. The van der Waals surface area contributed by atoms with E-state index in [1.165, 1.54) is 0 Å². The molecule has 0 saturated carbocycles. The van der Waals surface area contributed by atoms with Gasteiger partial charge in [-0.15, -0.1) is 0 Å². The Balaban J connectivity index is 1.92. The lowest BCUT2D eigenvalue weighted by atomic mass is 10.0. The van der Waals surface area contributed by atoms with Crippen molar-refractivity contribution in [2.45, 2.75) is 0 Å². The van der Waals surface area contributed by atoms with Crippen molar-refractivity contribution in [1.82, 2.24) is 0 Å². The van der Waals surface area contributed by atoms with E-state index < -0.39 is 5.97 Å². The molecule has 2 aromatic carbocycles. The van der Waals surface area contributed by atoms with Crippen LogP contribution in [-0.2, 0) is 14.3 Å². The number of hydrogen-bond acceptors (Lipinski definition) is 6. The first-order chi connectivity index (χ1) is 17.3. The van der Waals surface area contributed by atoms with Gasteiger partial charge in [-0.2, -0.15) is 5.26 Å². The summed E-state index contributed by atoms with van der Waals surface area (Å²) in [6.45, 7) is 3.39. The third-order valence-electron chi connectivity index (χ3n) is 5.33. The van der Waals surface area contributed by atoms with Gasteiger partial charge in [0.25, 0.3) is 0 Å². The van der Waals surface area contributed by atoms with E-state index in [1.807, 2.05) is 105 Å². The van der Waals surface area contributed by atoms with Gasteiger partial charge in [-0.3, -0.25) is 0 Å². The number of benzene rings is 2. The highest BCUT2D eigenvalue weighted by molar-refractivity contribution is 5.95. The van der Waals surface area contributed by atoms with Gasteiger partial charge in [0, 0.05) is 45.1 Å². The number of nitrogens with zero attached hydrogens (tertiary/aromatic N) is 3. The van der Waals surface area contributed by atoms with Crippen LogP contribution in [-0.4, -0.2) is 34.2 Å². The number of esters is 1. The Morgan fingerprint density at radius 2 is 1.28 bits per heavy atom. The number of rotatable bonds is 8. The Morgan fingerprint density at radius 3 is 1.64 bits per heavy atom. The zero-order valence-electron chi connectivity index (χ0n) is 20.9. The minimum atomic E-state index is -0.776. The summed E-state index contributed by atoms with van der Waals surface area (Å²) in [6.07, 6.45) is 11.7. The van der Waals surface area contributed by atoms with Crippen molar-refractivity contribution in [3.05, 3.63) is 119 Å². The van der Waals surface area contributed by atoms with Gasteiger partial charge < -0.3 is 19.3 Å². The van der Waals surface area contributed by atoms with Crippen LogP contribution in [0, 0.1) is 11.3 Å². The first-order valence-corrected chi connectivity index (χ1v) is 11.3. The second-order valence-electron chi connectivity index (χ2n) is 8.35. The maximum Gasteiger partial charge on any atom is 0.354 e. The molecule has 0 bridgehead atoms. The molecule has 0 radical (unpaired) electrons. The average molecular weight is 480 g/mol. The number of anilines is 2. The fraction of sp³-hybridized carbons (Fsp3) is 0.133. The maximum atomic E-state index is 12.3. The van der Waals surface area contributed by atoms with Gasteiger partial charge in [0.15, 0.2) is 0 Å². The summed E-state index contributed by atoms with van der Waals surface area (Å²) in [5, 5.41) is 9.62. The standard InChI is InChI=1S/C30H29N3O3/c1-6-35-30(34)29(21-31)24-19-27(17-11-22-7-13-25(14-8-22)32(2)3)36-28(20-24)18-12-23-9-15-26(16-10-23)33(4)5/h6-20H,1H2,2-5H3/b17-11+,18-12+. The van der Waals surface area contributed by atoms with Gasteiger partial charge in [0.2, 0.25) is 0 Å². The molecule has 0 aromatic heterocycles. The van der Waals surface area contributed by atoms with Crippen LogP contribution in [0.5, 0.6) is 0 Å². The molecule has 0 amide bonds. The number of ether oxygens (including phenoxy) is 2. The van der Waals surface area contributed by atoms with Crippen LogP contribution < -0.4 is 9.80 Å². The van der Waals surface area contributed by atoms with Crippen molar-refractivity contribution in [3.63, 3.8) is 0 Å². The van der Waals surface area contributed by atoms with Crippen LogP contribution in [0.3, 0.4) is 0 Å². The lowest BCUT2D eigenvalue weighted by Gasteiger charge is -2.15. The zero-order valence-corrected chi connectivity index (χ0v) is 20.9. The quantitative estimate of drug-likeness (QED) is 0.205. The van der Waals surface area contributed by atoms with Crippen molar-refractivity contribution in [1.29, 1.82) is 5.26 Å². The molecular formula is C30H29N3O3. The lowest BCUT2D eigenvalue weighted by Crippen LogP contribution is -2.08. The van der Waals surface area contributed by atoms with Gasteiger partial charge in [0.05, 0.1) is 6.26 Å². The SMILES string of the molecule is C=COC(=O)C(C#N)=C1C=C(/C=C/c2ccc(N(C)C)cc2)OC(/C=C/c2ccc(N(C)C)cc2)=C1. The van der Waals surface area contributed by atoms with Crippen LogP contribution in [0.15, 0.2) is 108 Å². The number of nitriles is 1. The number of allylic oxidation sites excluding steroid dienone is 5. The van der Waals surface area contributed by atoms with E-state index >= 15 is 0 Å². The van der Waals surface area contributed by atoms with Crippen LogP contribution in [0.1, 0.15) is 11.1 Å². The molecule has 0 unspecified atom stereocenters. The third kappa shape index (κ3) is 6.87. The minimum Gasteiger partial charge on any atom is -0.457 e. The number of carbonyl (C=O) groups excluding carboxylic acids is 1. The molecule has 3 rings (SSSR count). The number of hydrogen-bond donors (Lipinski definition) is 0. The van der Waals surface area contributed by atoms with Crippen molar-refractivity contribution in [3.8, 4) is 6.07 Å². The molecular weight excluding hydrogens is 450 g/mol. The molecule has 0 atom stereocenters. The summed E-state index contributed by atoms with van der Waals surface area (Å²) >= 11 is 0. The summed E-state index contributed by atoms with van der Waals surface area (Å²) in [7, 11) is 7.95. The summed E-state index contributed by atoms with van der Waals surface area (Å²) in [6, 6.07) is 18.0. The first-order valence-electron chi connectivity index (χ1n) is 11.3. The molecule has 1 heterocycles.